The van der Waals surface area contributed by atoms with E-state index >= 15 is 0 Å². The molecule has 0 radical (unpaired) electrons. The number of hydrogen-bond acceptors (Lipinski definition) is 5. The lowest BCUT2D eigenvalue weighted by atomic mass is 10.4. The first-order chi connectivity index (χ1) is 9.80. The molecule has 1 unspecified atom stereocenters. The summed E-state index contributed by atoms with van der Waals surface area (Å²) < 4.78 is 27.9. The third-order valence-electron chi connectivity index (χ3n) is 3.21. The summed E-state index contributed by atoms with van der Waals surface area (Å²) in [6.45, 7) is 8.12. The summed E-state index contributed by atoms with van der Waals surface area (Å²) in [7, 11) is -3.39. The summed E-state index contributed by atoms with van der Waals surface area (Å²) in [6, 6.07) is 2.18. The standard InChI is InChI=1S/C13H21BrN2O2S3/c1-9(2)15-7-11-6-12(13(14)20-11)21(17,18)16-4-5-19-10(3)8-16/h6,9-10,15H,4-5,7-8H2,1-3H3. The summed E-state index contributed by atoms with van der Waals surface area (Å²) >= 11 is 6.74. The van der Waals surface area contributed by atoms with Gasteiger partial charge in [0, 0.05) is 41.6 Å². The summed E-state index contributed by atoms with van der Waals surface area (Å²) in [4.78, 5) is 1.45. The first kappa shape index (κ1) is 17.7. The highest BCUT2D eigenvalue weighted by Crippen LogP contribution is 2.35. The molecule has 0 spiro atoms. The number of halogens is 1. The van der Waals surface area contributed by atoms with E-state index < -0.39 is 10.0 Å². The molecule has 21 heavy (non-hydrogen) atoms. The van der Waals surface area contributed by atoms with Gasteiger partial charge in [-0.25, -0.2) is 8.42 Å². The third kappa shape index (κ3) is 4.45. The van der Waals surface area contributed by atoms with E-state index in [1.165, 1.54) is 11.3 Å². The summed E-state index contributed by atoms with van der Waals surface area (Å²) in [5.41, 5.74) is 0. The van der Waals surface area contributed by atoms with E-state index in [-0.39, 0.29) is 0 Å². The van der Waals surface area contributed by atoms with Crippen LogP contribution in [0.1, 0.15) is 25.6 Å². The molecule has 1 saturated heterocycles. The molecule has 1 aromatic rings. The van der Waals surface area contributed by atoms with Gasteiger partial charge in [0.05, 0.1) is 3.79 Å². The van der Waals surface area contributed by atoms with Crippen LogP contribution in [0.4, 0.5) is 0 Å². The van der Waals surface area contributed by atoms with Gasteiger partial charge in [-0.1, -0.05) is 20.8 Å². The molecule has 1 fully saturated rings. The van der Waals surface area contributed by atoms with Crippen LogP contribution in [0, 0.1) is 0 Å². The molecule has 0 bridgehead atoms. The van der Waals surface area contributed by atoms with Crippen molar-refractivity contribution in [3.8, 4) is 0 Å². The van der Waals surface area contributed by atoms with E-state index in [4.69, 9.17) is 0 Å². The maximum atomic E-state index is 12.8. The van der Waals surface area contributed by atoms with Crippen LogP contribution in [0.25, 0.3) is 0 Å². The van der Waals surface area contributed by atoms with Gasteiger partial charge in [-0.2, -0.15) is 16.1 Å². The largest absolute Gasteiger partial charge is 0.310 e. The zero-order valence-corrected chi connectivity index (χ0v) is 16.5. The lowest BCUT2D eigenvalue weighted by molar-refractivity contribution is 0.424. The molecule has 0 aromatic carbocycles. The van der Waals surface area contributed by atoms with Crippen molar-refractivity contribution in [1.29, 1.82) is 0 Å². The quantitative estimate of drug-likeness (QED) is 0.806. The Morgan fingerprint density at radius 1 is 1.52 bits per heavy atom. The van der Waals surface area contributed by atoms with E-state index in [1.807, 2.05) is 11.8 Å². The van der Waals surface area contributed by atoms with Gasteiger partial charge in [-0.3, -0.25) is 0 Å². The van der Waals surface area contributed by atoms with Gasteiger partial charge >= 0.3 is 0 Å². The minimum absolute atomic E-state index is 0.355. The minimum atomic E-state index is -3.39. The molecule has 1 atom stereocenters. The van der Waals surface area contributed by atoms with Crippen LogP contribution < -0.4 is 5.32 Å². The molecule has 8 heteroatoms. The van der Waals surface area contributed by atoms with E-state index in [1.54, 1.807) is 10.4 Å². The fourth-order valence-corrected chi connectivity index (χ4v) is 7.45. The molecular weight excluding hydrogens is 392 g/mol. The minimum Gasteiger partial charge on any atom is -0.310 e. The molecule has 1 aliphatic heterocycles. The Hall–Kier alpha value is 0.400. The highest BCUT2D eigenvalue weighted by molar-refractivity contribution is 9.11. The van der Waals surface area contributed by atoms with Gasteiger partial charge in [-0.15, -0.1) is 11.3 Å². The molecular formula is C13H21BrN2O2S3. The van der Waals surface area contributed by atoms with Crippen molar-refractivity contribution in [1.82, 2.24) is 9.62 Å². The van der Waals surface area contributed by atoms with E-state index in [0.29, 0.717) is 39.6 Å². The van der Waals surface area contributed by atoms with Crippen molar-refractivity contribution in [2.45, 2.75) is 43.5 Å². The summed E-state index contributed by atoms with van der Waals surface area (Å²) in [5, 5.41) is 3.67. The molecule has 120 valence electrons. The van der Waals surface area contributed by atoms with Gasteiger partial charge < -0.3 is 5.32 Å². The molecule has 4 nitrogen and oxygen atoms in total. The van der Waals surface area contributed by atoms with Crippen LogP contribution >= 0.6 is 39.0 Å². The smallest absolute Gasteiger partial charge is 0.245 e. The fraction of sp³-hybridized carbons (Fsp3) is 0.692. The number of rotatable bonds is 5. The predicted octanol–water partition coefficient (Wildman–Crippen LogP) is 3.13. The van der Waals surface area contributed by atoms with Gasteiger partial charge in [0.1, 0.15) is 4.90 Å². The third-order valence-corrected chi connectivity index (χ3v) is 8.47. The molecule has 2 rings (SSSR count). The Balaban J connectivity index is 2.19. The Labute approximate surface area is 143 Å². The Kier molecular flexibility index (Phi) is 6.18. The molecule has 2 heterocycles. The van der Waals surface area contributed by atoms with Crippen LogP contribution in [0.2, 0.25) is 0 Å². The molecule has 1 aromatic heterocycles. The van der Waals surface area contributed by atoms with E-state index in [9.17, 15) is 8.42 Å². The predicted molar refractivity (Wildman–Crippen MR) is 94.7 cm³/mol. The fourth-order valence-electron chi connectivity index (χ4n) is 2.11. The molecule has 0 aliphatic carbocycles. The topological polar surface area (TPSA) is 49.4 Å². The normalized spacial score (nSPS) is 21.1. The van der Waals surface area contributed by atoms with Crippen LogP contribution in [0.5, 0.6) is 0 Å². The highest BCUT2D eigenvalue weighted by atomic mass is 79.9. The second-order valence-corrected chi connectivity index (χ2v) is 11.3. The molecule has 0 amide bonds. The van der Waals surface area contributed by atoms with Gasteiger partial charge in [0.15, 0.2) is 0 Å². The van der Waals surface area contributed by atoms with Gasteiger partial charge in [-0.05, 0) is 22.0 Å². The van der Waals surface area contributed by atoms with E-state index in [0.717, 1.165) is 10.6 Å². The lowest BCUT2D eigenvalue weighted by Crippen LogP contribution is -2.40. The zero-order valence-electron chi connectivity index (χ0n) is 12.4. The SMILES string of the molecule is CC(C)NCc1cc(S(=O)(=O)N2CCSC(C)C2)c(Br)s1. The van der Waals surface area contributed by atoms with Crippen molar-refractivity contribution in [2.75, 3.05) is 18.8 Å². The van der Waals surface area contributed by atoms with Crippen LogP contribution in [-0.4, -0.2) is 42.9 Å². The molecule has 1 aliphatic rings. The molecule has 0 saturated carbocycles. The van der Waals surface area contributed by atoms with Crippen molar-refractivity contribution < 1.29 is 8.42 Å². The monoisotopic (exact) mass is 412 g/mol. The lowest BCUT2D eigenvalue weighted by Gasteiger charge is -2.29. The van der Waals surface area contributed by atoms with Crippen molar-refractivity contribution in [3.05, 3.63) is 14.7 Å². The van der Waals surface area contributed by atoms with Gasteiger partial charge in [0.2, 0.25) is 10.0 Å². The Morgan fingerprint density at radius 2 is 2.24 bits per heavy atom. The maximum absolute atomic E-state index is 12.8. The number of hydrogen-bond donors (Lipinski definition) is 1. The summed E-state index contributed by atoms with van der Waals surface area (Å²) in [6.07, 6.45) is 0. The van der Waals surface area contributed by atoms with Crippen LogP contribution in [0.3, 0.4) is 0 Å². The van der Waals surface area contributed by atoms with Crippen molar-refractivity contribution in [2.24, 2.45) is 0 Å². The van der Waals surface area contributed by atoms with Crippen LogP contribution in [0.15, 0.2) is 14.7 Å². The highest BCUT2D eigenvalue weighted by Gasteiger charge is 2.31. The average Bonchev–Trinajstić information content (AvgIpc) is 2.78. The number of thioether (sulfide) groups is 1. The average molecular weight is 413 g/mol. The number of nitrogens with one attached hydrogen (secondary N) is 1. The first-order valence-electron chi connectivity index (χ1n) is 6.94. The molecule has 1 N–H and O–H groups in total. The number of thiophene rings is 1. The van der Waals surface area contributed by atoms with Gasteiger partial charge in [0.25, 0.3) is 0 Å². The van der Waals surface area contributed by atoms with Crippen molar-refractivity contribution in [3.63, 3.8) is 0 Å². The number of sulfonamides is 1. The second kappa shape index (κ2) is 7.31. The second-order valence-electron chi connectivity index (χ2n) is 5.43. The maximum Gasteiger partial charge on any atom is 0.245 e. The van der Waals surface area contributed by atoms with E-state index in [2.05, 4.69) is 42.0 Å². The summed E-state index contributed by atoms with van der Waals surface area (Å²) in [5.74, 6) is 0.865. The van der Waals surface area contributed by atoms with Crippen LogP contribution in [-0.2, 0) is 16.6 Å². The number of nitrogens with zero attached hydrogens (tertiary/aromatic N) is 1. The first-order valence-corrected chi connectivity index (χ1v) is 11.0. The Morgan fingerprint density at radius 3 is 2.86 bits per heavy atom. The Bertz CT molecular complexity index is 586. The zero-order chi connectivity index (χ0) is 15.6. The van der Waals surface area contributed by atoms with Crippen molar-refractivity contribution >= 4 is 49.1 Å².